The van der Waals surface area contributed by atoms with Crippen LogP contribution in [0.2, 0.25) is 0 Å². The molecule has 4 aliphatic carbocycles. The lowest BCUT2D eigenvalue weighted by molar-refractivity contribution is 0.415. The van der Waals surface area contributed by atoms with Crippen LogP contribution in [0.4, 0.5) is 5.69 Å². The molecule has 286 valence electrons. The van der Waals surface area contributed by atoms with Crippen molar-refractivity contribution in [3.63, 3.8) is 0 Å². The zero-order valence-corrected chi connectivity index (χ0v) is 35.1. The SMILES string of the molecule is c1cc(N2CC34c5c6c7c8c9c%10c(c%11c%12c3c3c5c5c%13c6c6c7c7c9c9c%14c%10c%10c%11c%11c%12c%12c3c3c5c5c%13c%13c6c6c7c9c7c9c%14c%10c%10c%11c%11c%12c3c3c5c5c%13c6c7c6c9c%10c%11c3c56)C84C2)ccn1. The van der Waals surface area contributed by atoms with Gasteiger partial charge in [-0.25, -0.2) is 0 Å². The molecule has 28 aromatic carbocycles. The summed E-state index contributed by atoms with van der Waals surface area (Å²) in [7, 11) is 0. The lowest BCUT2D eigenvalue weighted by Crippen LogP contribution is -2.51. The van der Waals surface area contributed by atoms with Crippen LogP contribution in [-0.2, 0) is 10.8 Å². The average Bonchev–Trinajstić information content (AvgIpc) is 4.22. The van der Waals surface area contributed by atoms with Gasteiger partial charge in [-0.1, -0.05) is 0 Å². The number of aromatic nitrogens is 1. The maximum atomic E-state index is 4.65. The summed E-state index contributed by atoms with van der Waals surface area (Å²) in [5.41, 5.74) is 8.00. The van der Waals surface area contributed by atoms with Gasteiger partial charge in [0, 0.05) is 31.2 Å². The molecular formula is C67H8N2. The van der Waals surface area contributed by atoms with Crippen molar-refractivity contribution in [2.45, 2.75) is 10.8 Å². The van der Waals surface area contributed by atoms with E-state index in [2.05, 4.69) is 34.4 Å². The van der Waals surface area contributed by atoms with E-state index in [1.54, 1.807) is 313 Å². The second-order valence-electron chi connectivity index (χ2n) is 25.6. The number of hydrogen-bond donors (Lipinski definition) is 0. The van der Waals surface area contributed by atoms with Crippen LogP contribution in [0.25, 0.3) is 291 Å². The van der Waals surface area contributed by atoms with Crippen LogP contribution in [0.1, 0.15) is 22.3 Å². The van der Waals surface area contributed by atoms with Gasteiger partial charge in [0.2, 0.25) is 0 Å². The highest BCUT2D eigenvalue weighted by Crippen LogP contribution is 2.85. The summed E-state index contributed by atoms with van der Waals surface area (Å²) < 4.78 is 0. The minimum Gasteiger partial charge on any atom is -0.369 e. The van der Waals surface area contributed by atoms with Gasteiger partial charge >= 0.3 is 0 Å². The molecule has 2 heterocycles. The molecule has 2 spiro atoms. The highest BCUT2D eigenvalue weighted by atomic mass is 15.2. The second-order valence-corrected chi connectivity index (χ2v) is 25.6. The first-order valence-electron chi connectivity index (χ1n) is 25.8. The third kappa shape index (κ3) is 1.31. The van der Waals surface area contributed by atoms with Crippen molar-refractivity contribution in [1.29, 1.82) is 0 Å². The quantitative estimate of drug-likeness (QED) is 0.153. The van der Waals surface area contributed by atoms with Crippen LogP contribution in [0.5, 0.6) is 0 Å². The van der Waals surface area contributed by atoms with E-state index in [1.807, 2.05) is 0 Å². The number of hydrogen-bond acceptors (Lipinski definition) is 2. The molecule has 0 atom stereocenters. The first-order chi connectivity index (χ1) is 34.4. The number of benzene rings is 18. The van der Waals surface area contributed by atoms with Crippen molar-refractivity contribution >= 4 is 297 Å². The van der Waals surface area contributed by atoms with E-state index in [1.165, 1.54) is 5.69 Å². The molecule has 69 heavy (non-hydrogen) atoms. The standard InChI is InChI=1S/C67H8N2/c1-3-68-4-2-7(1)69-5-66-62-54-46-36-26-18-10-8-9-12-16-14(10)22-30-24(16)34-28-20(12)21-13(9)17-15-11(8)19(18)27-33-23(15)31-25(17)35-29(21)39-38(28)48-42(34)52-44(30)50(40(46)32(22)26)58(62)60(52)64-56(48)57-49(39)43(35)53-45(31)51-41(33)47(37(27)36)55(54)63(66)59(51)61(53)65(57)67(64,66)6-69/h1-4H,5-6H2. The summed E-state index contributed by atoms with van der Waals surface area (Å²) in [6.45, 7) is 2.04. The van der Waals surface area contributed by atoms with Crippen molar-refractivity contribution in [3.8, 4) is 0 Å². The minimum atomic E-state index is -0.221. The van der Waals surface area contributed by atoms with E-state index in [4.69, 9.17) is 0 Å². The predicted molar refractivity (Wildman–Crippen MR) is 290 cm³/mol. The highest BCUT2D eigenvalue weighted by molar-refractivity contribution is 6.82. The van der Waals surface area contributed by atoms with Crippen LogP contribution < -0.4 is 4.90 Å². The summed E-state index contributed by atoms with van der Waals surface area (Å²) in [6.07, 6.45) is 4.14. The fourth-order valence-electron chi connectivity index (χ4n) is 25.5. The van der Waals surface area contributed by atoms with Gasteiger partial charge in [-0.05, 0) is 325 Å². The fraction of sp³-hybridized carbons (Fsp3) is 0.0597. The fourth-order valence-corrected chi connectivity index (χ4v) is 25.5. The maximum absolute atomic E-state index is 4.65. The largest absolute Gasteiger partial charge is 0.369 e. The Morgan fingerprint density at radius 2 is 0.362 bits per heavy atom. The summed E-state index contributed by atoms with van der Waals surface area (Å²) in [6, 6.07) is 4.69. The Labute approximate surface area is 375 Å². The molecule has 1 saturated heterocycles. The van der Waals surface area contributed by atoms with Crippen molar-refractivity contribution in [3.05, 3.63) is 46.8 Å². The molecule has 0 N–H and O–H groups in total. The Morgan fingerprint density at radius 1 is 0.217 bits per heavy atom. The molecule has 1 aliphatic heterocycles. The molecule has 0 radical (unpaired) electrons. The Kier molecular flexibility index (Phi) is 2.02. The number of rotatable bonds is 1. The van der Waals surface area contributed by atoms with Gasteiger partial charge < -0.3 is 4.90 Å². The van der Waals surface area contributed by atoms with Gasteiger partial charge in [0.05, 0.1) is 10.8 Å². The van der Waals surface area contributed by atoms with E-state index in [9.17, 15) is 0 Å². The predicted octanol–water partition coefficient (Wildman–Crippen LogP) is 17.2. The van der Waals surface area contributed by atoms with Crippen LogP contribution in [0, 0.1) is 0 Å². The zero-order chi connectivity index (χ0) is 40.6. The van der Waals surface area contributed by atoms with Crippen LogP contribution in [-0.4, -0.2) is 18.1 Å². The topological polar surface area (TPSA) is 16.1 Å². The molecule has 34 rings (SSSR count). The van der Waals surface area contributed by atoms with Gasteiger partial charge in [0.1, 0.15) is 0 Å². The molecule has 29 aromatic rings. The first kappa shape index (κ1) is 25.0. The normalized spacial score (nSPS) is 22.8. The molecule has 0 unspecified atom stereocenters. The van der Waals surface area contributed by atoms with E-state index in [0.29, 0.717) is 0 Å². The Balaban J connectivity index is 1.18. The molecule has 5 aliphatic rings. The van der Waals surface area contributed by atoms with E-state index >= 15 is 0 Å². The van der Waals surface area contributed by atoms with Crippen LogP contribution in [0.3, 0.4) is 0 Å². The maximum Gasteiger partial charge on any atom is 0.0558 e. The lowest BCUT2D eigenvalue weighted by Gasteiger charge is -2.49. The van der Waals surface area contributed by atoms with Gasteiger partial charge in [0.15, 0.2) is 0 Å². The second kappa shape index (κ2) is 5.59. The summed E-state index contributed by atoms with van der Waals surface area (Å²) in [4.78, 5) is 7.56. The molecule has 0 amide bonds. The van der Waals surface area contributed by atoms with E-state index in [0.717, 1.165) is 13.1 Å². The zero-order valence-electron chi connectivity index (χ0n) is 35.1. The van der Waals surface area contributed by atoms with Crippen molar-refractivity contribution in [2.24, 2.45) is 0 Å². The summed E-state index contributed by atoms with van der Waals surface area (Å²) in [5, 5.41) is 90.4. The average molecular weight is 841 g/mol. The minimum absolute atomic E-state index is 0.221. The van der Waals surface area contributed by atoms with Crippen molar-refractivity contribution in [2.75, 3.05) is 18.0 Å². The summed E-state index contributed by atoms with van der Waals surface area (Å²) in [5.74, 6) is 0. The molecule has 2 nitrogen and oxygen atoms in total. The van der Waals surface area contributed by atoms with Crippen LogP contribution in [0.15, 0.2) is 24.5 Å². The molecule has 1 aromatic heterocycles. The van der Waals surface area contributed by atoms with Gasteiger partial charge in [-0.3, -0.25) is 4.98 Å². The third-order valence-corrected chi connectivity index (χ3v) is 25.6. The number of pyridine rings is 1. The van der Waals surface area contributed by atoms with Crippen molar-refractivity contribution < 1.29 is 0 Å². The highest BCUT2D eigenvalue weighted by Gasteiger charge is 2.73. The van der Waals surface area contributed by atoms with E-state index in [-0.39, 0.29) is 10.8 Å². The van der Waals surface area contributed by atoms with Gasteiger partial charge in [-0.2, -0.15) is 0 Å². The van der Waals surface area contributed by atoms with Gasteiger partial charge in [0.25, 0.3) is 0 Å². The molecular weight excluding hydrogens is 833 g/mol. The Hall–Kier alpha value is -8.59. The molecule has 0 saturated carbocycles. The first-order valence-corrected chi connectivity index (χ1v) is 25.8. The molecule has 2 heteroatoms. The Bertz CT molecular complexity index is 6740. The van der Waals surface area contributed by atoms with Crippen molar-refractivity contribution in [1.82, 2.24) is 4.98 Å². The summed E-state index contributed by atoms with van der Waals surface area (Å²) >= 11 is 0. The lowest BCUT2D eigenvalue weighted by atomic mass is 9.50. The van der Waals surface area contributed by atoms with E-state index < -0.39 is 0 Å². The monoisotopic (exact) mass is 840 g/mol. The number of nitrogens with zero attached hydrogens (tertiary/aromatic N) is 2. The van der Waals surface area contributed by atoms with Crippen LogP contribution >= 0.6 is 0 Å². The van der Waals surface area contributed by atoms with Gasteiger partial charge in [-0.15, -0.1) is 0 Å². The number of anilines is 1. The smallest absolute Gasteiger partial charge is 0.0558 e. The molecule has 0 bridgehead atoms. The Morgan fingerprint density at radius 3 is 0.522 bits per heavy atom. The third-order valence-electron chi connectivity index (χ3n) is 25.6. The molecule has 1 fully saturated rings.